The first kappa shape index (κ1) is 9.82. The number of rotatable bonds is 2. The van der Waals surface area contributed by atoms with Crippen molar-refractivity contribution in [1.29, 1.82) is 0 Å². The molecular weight excluding hydrogens is 202 g/mol. The molecule has 3 rings (SSSR count). The van der Waals surface area contributed by atoms with Crippen molar-refractivity contribution in [1.82, 2.24) is 0 Å². The Morgan fingerprint density at radius 1 is 1.12 bits per heavy atom. The number of aryl methyl sites for hydroxylation is 1. The topological polar surface area (TPSA) is 30.5 Å². The predicted octanol–water partition coefficient (Wildman–Crippen LogP) is 3.08. The van der Waals surface area contributed by atoms with Crippen LogP contribution in [0.2, 0.25) is 0 Å². The van der Waals surface area contributed by atoms with E-state index in [1.54, 1.807) is 0 Å². The van der Waals surface area contributed by atoms with E-state index in [9.17, 15) is 0 Å². The summed E-state index contributed by atoms with van der Waals surface area (Å²) in [4.78, 5) is 0. The van der Waals surface area contributed by atoms with Crippen molar-refractivity contribution in [2.24, 2.45) is 0 Å². The monoisotopic (exact) mass is 219 g/mol. The molecule has 0 saturated heterocycles. The highest BCUT2D eigenvalue weighted by Gasteiger charge is 2.19. The molecule has 3 heteroatoms. The van der Waals surface area contributed by atoms with Crippen LogP contribution in [-0.2, 0) is 0 Å². The van der Waals surface area contributed by atoms with E-state index < -0.39 is 0 Å². The van der Waals surface area contributed by atoms with E-state index >= 15 is 0 Å². The largest absolute Gasteiger partial charge is 0.454 e. The molecule has 1 fully saturated rings. The van der Waals surface area contributed by atoms with Crippen molar-refractivity contribution in [2.75, 3.05) is 12.1 Å². The maximum absolute atomic E-state index is 5.40. The summed E-state index contributed by atoms with van der Waals surface area (Å²) in [6.45, 7) is 2.46. The molecule has 0 spiro atoms. The zero-order valence-electron chi connectivity index (χ0n) is 9.58. The zero-order chi connectivity index (χ0) is 11.0. The molecular formula is C13H17NO2. The van der Waals surface area contributed by atoms with Crippen LogP contribution in [0.4, 0.5) is 5.69 Å². The average Bonchev–Trinajstić information content (AvgIpc) is 2.89. The van der Waals surface area contributed by atoms with Gasteiger partial charge in [-0.05, 0) is 31.4 Å². The van der Waals surface area contributed by atoms with E-state index in [1.165, 1.54) is 36.9 Å². The average molecular weight is 219 g/mol. The molecule has 1 aliphatic heterocycles. The normalized spacial score (nSPS) is 19.1. The molecule has 0 atom stereocenters. The van der Waals surface area contributed by atoms with Crippen LogP contribution in [-0.4, -0.2) is 12.8 Å². The Bertz CT molecular complexity index is 397. The van der Waals surface area contributed by atoms with Crippen molar-refractivity contribution in [3.63, 3.8) is 0 Å². The van der Waals surface area contributed by atoms with Gasteiger partial charge in [0.05, 0.1) is 0 Å². The number of hydrogen-bond donors (Lipinski definition) is 1. The molecule has 3 nitrogen and oxygen atoms in total. The smallest absolute Gasteiger partial charge is 0.231 e. The van der Waals surface area contributed by atoms with Crippen LogP contribution in [0.15, 0.2) is 12.1 Å². The van der Waals surface area contributed by atoms with Gasteiger partial charge in [-0.3, -0.25) is 0 Å². The quantitative estimate of drug-likeness (QED) is 0.829. The predicted molar refractivity (Wildman–Crippen MR) is 63.2 cm³/mol. The summed E-state index contributed by atoms with van der Waals surface area (Å²) < 4.78 is 10.8. The van der Waals surface area contributed by atoms with Crippen molar-refractivity contribution >= 4 is 5.69 Å². The van der Waals surface area contributed by atoms with Crippen LogP contribution >= 0.6 is 0 Å². The number of hydrogen-bond acceptors (Lipinski definition) is 3. The van der Waals surface area contributed by atoms with E-state index in [1.807, 2.05) is 0 Å². The Balaban J connectivity index is 1.83. The van der Waals surface area contributed by atoms with Gasteiger partial charge < -0.3 is 14.8 Å². The lowest BCUT2D eigenvalue weighted by atomic mass is 10.1. The Morgan fingerprint density at radius 3 is 2.56 bits per heavy atom. The van der Waals surface area contributed by atoms with Gasteiger partial charge in [-0.2, -0.15) is 0 Å². The van der Waals surface area contributed by atoms with E-state index in [0.717, 1.165) is 11.5 Å². The summed E-state index contributed by atoms with van der Waals surface area (Å²) in [5.74, 6) is 1.74. The summed E-state index contributed by atoms with van der Waals surface area (Å²) in [6, 6.07) is 4.76. The molecule has 0 radical (unpaired) electrons. The fourth-order valence-electron chi connectivity index (χ4n) is 2.49. The molecule has 0 aromatic heterocycles. The SMILES string of the molecule is Cc1cc2c(cc1NC1CCCC1)OCO2. The summed E-state index contributed by atoms with van der Waals surface area (Å²) in [7, 11) is 0. The van der Waals surface area contributed by atoms with Crippen LogP contribution in [0, 0.1) is 6.92 Å². The number of benzene rings is 1. The minimum atomic E-state index is 0.349. The molecule has 0 bridgehead atoms. The first-order chi connectivity index (χ1) is 7.83. The number of anilines is 1. The summed E-state index contributed by atoms with van der Waals surface area (Å²) in [6.07, 6.45) is 5.27. The zero-order valence-corrected chi connectivity index (χ0v) is 9.58. The maximum Gasteiger partial charge on any atom is 0.231 e. The molecule has 86 valence electrons. The standard InChI is InChI=1S/C13H17NO2/c1-9-6-12-13(16-8-15-12)7-11(9)14-10-4-2-3-5-10/h6-7,10,14H,2-5,8H2,1H3. The third kappa shape index (κ3) is 1.70. The van der Waals surface area contributed by atoms with E-state index in [0.29, 0.717) is 12.8 Å². The number of nitrogens with one attached hydrogen (secondary N) is 1. The Hall–Kier alpha value is -1.38. The highest BCUT2D eigenvalue weighted by atomic mass is 16.7. The van der Waals surface area contributed by atoms with Gasteiger partial charge in [0.2, 0.25) is 6.79 Å². The fourth-order valence-corrected chi connectivity index (χ4v) is 2.49. The minimum Gasteiger partial charge on any atom is -0.454 e. The molecule has 1 heterocycles. The van der Waals surface area contributed by atoms with E-state index in [4.69, 9.17) is 9.47 Å². The number of fused-ring (bicyclic) bond motifs is 1. The van der Waals surface area contributed by atoms with Gasteiger partial charge in [-0.25, -0.2) is 0 Å². The van der Waals surface area contributed by atoms with Gasteiger partial charge in [0.1, 0.15) is 0 Å². The molecule has 16 heavy (non-hydrogen) atoms. The second-order valence-electron chi connectivity index (χ2n) is 4.65. The van der Waals surface area contributed by atoms with Gasteiger partial charge in [0.25, 0.3) is 0 Å². The minimum absolute atomic E-state index is 0.349. The lowest BCUT2D eigenvalue weighted by molar-refractivity contribution is 0.174. The third-order valence-electron chi connectivity index (χ3n) is 3.43. The molecule has 1 aliphatic carbocycles. The first-order valence-corrected chi connectivity index (χ1v) is 6.00. The second kappa shape index (κ2) is 3.89. The highest BCUT2D eigenvalue weighted by Crippen LogP contribution is 2.37. The Morgan fingerprint density at radius 2 is 1.81 bits per heavy atom. The maximum atomic E-state index is 5.40. The van der Waals surface area contributed by atoms with Gasteiger partial charge in [-0.15, -0.1) is 0 Å². The summed E-state index contributed by atoms with van der Waals surface area (Å²) >= 11 is 0. The fraction of sp³-hybridized carbons (Fsp3) is 0.538. The third-order valence-corrected chi connectivity index (χ3v) is 3.43. The van der Waals surface area contributed by atoms with Crippen molar-refractivity contribution in [3.8, 4) is 11.5 Å². The van der Waals surface area contributed by atoms with E-state index in [2.05, 4.69) is 24.4 Å². The molecule has 0 amide bonds. The van der Waals surface area contributed by atoms with Gasteiger partial charge in [0, 0.05) is 17.8 Å². The number of ether oxygens (including phenoxy) is 2. The first-order valence-electron chi connectivity index (χ1n) is 6.00. The van der Waals surface area contributed by atoms with Gasteiger partial charge in [0.15, 0.2) is 11.5 Å². The van der Waals surface area contributed by atoms with Crippen LogP contribution < -0.4 is 14.8 Å². The van der Waals surface area contributed by atoms with Gasteiger partial charge >= 0.3 is 0 Å². The molecule has 1 N–H and O–H groups in total. The molecule has 1 aromatic carbocycles. The lowest BCUT2D eigenvalue weighted by Crippen LogP contribution is -2.15. The van der Waals surface area contributed by atoms with Crippen molar-refractivity contribution in [2.45, 2.75) is 38.6 Å². The molecule has 1 saturated carbocycles. The highest BCUT2D eigenvalue weighted by molar-refractivity contribution is 5.61. The summed E-state index contributed by atoms with van der Waals surface area (Å²) in [5, 5.41) is 3.60. The lowest BCUT2D eigenvalue weighted by Gasteiger charge is -2.16. The molecule has 2 aliphatic rings. The van der Waals surface area contributed by atoms with Gasteiger partial charge in [-0.1, -0.05) is 12.8 Å². The molecule has 0 unspecified atom stereocenters. The van der Waals surface area contributed by atoms with Crippen molar-refractivity contribution in [3.05, 3.63) is 17.7 Å². The Kier molecular flexibility index (Phi) is 2.39. The second-order valence-corrected chi connectivity index (χ2v) is 4.65. The van der Waals surface area contributed by atoms with Crippen LogP contribution in [0.5, 0.6) is 11.5 Å². The Labute approximate surface area is 95.8 Å². The molecule has 1 aromatic rings. The van der Waals surface area contributed by atoms with Crippen LogP contribution in [0.25, 0.3) is 0 Å². The van der Waals surface area contributed by atoms with Crippen LogP contribution in [0.1, 0.15) is 31.2 Å². The van der Waals surface area contributed by atoms with Crippen molar-refractivity contribution < 1.29 is 9.47 Å². The van der Waals surface area contributed by atoms with E-state index in [-0.39, 0.29) is 0 Å². The van der Waals surface area contributed by atoms with Crippen LogP contribution in [0.3, 0.4) is 0 Å². The summed E-state index contributed by atoms with van der Waals surface area (Å²) in [5.41, 5.74) is 2.42.